The third-order valence-corrected chi connectivity index (χ3v) is 2.71. The molecule has 1 heterocycles. The topological polar surface area (TPSA) is 59.1 Å². The van der Waals surface area contributed by atoms with E-state index in [1.54, 1.807) is 12.1 Å². The highest BCUT2D eigenvalue weighted by atomic mass is 19.4. The first kappa shape index (κ1) is 13.4. The Labute approximate surface area is 107 Å². The van der Waals surface area contributed by atoms with Gasteiger partial charge < -0.3 is 10.8 Å². The lowest BCUT2D eigenvalue weighted by Gasteiger charge is -2.17. The molecule has 0 aliphatic carbocycles. The maximum absolute atomic E-state index is 12.7. The van der Waals surface area contributed by atoms with Crippen molar-refractivity contribution < 1.29 is 18.3 Å². The standard InChI is InChI=1S/C13H11F3N2O/c14-13(15,16)9-5-3-4-8(11(9)17)12(19)10-6-1-2-7-18-10/h1-7,12,19H,17H2. The van der Waals surface area contributed by atoms with Gasteiger partial charge in [-0.25, -0.2) is 0 Å². The number of halogens is 3. The molecule has 1 atom stereocenters. The SMILES string of the molecule is Nc1c(C(O)c2ccccn2)cccc1C(F)(F)F. The van der Waals surface area contributed by atoms with Gasteiger partial charge in [0.2, 0.25) is 0 Å². The van der Waals surface area contributed by atoms with Gasteiger partial charge in [-0.15, -0.1) is 0 Å². The number of para-hydroxylation sites is 1. The molecule has 0 amide bonds. The number of anilines is 1. The average molecular weight is 268 g/mol. The second-order valence-electron chi connectivity index (χ2n) is 3.96. The maximum Gasteiger partial charge on any atom is 0.418 e. The van der Waals surface area contributed by atoms with Crippen LogP contribution in [0.5, 0.6) is 0 Å². The number of alkyl halides is 3. The molecule has 0 aliphatic rings. The minimum atomic E-state index is -4.55. The predicted molar refractivity (Wildman–Crippen MR) is 64.2 cm³/mol. The molecule has 1 aromatic heterocycles. The van der Waals surface area contributed by atoms with E-state index in [1.807, 2.05) is 0 Å². The summed E-state index contributed by atoms with van der Waals surface area (Å²) in [4.78, 5) is 3.90. The van der Waals surface area contributed by atoms with Gasteiger partial charge in [0.05, 0.1) is 16.9 Å². The summed E-state index contributed by atoms with van der Waals surface area (Å²) in [5.74, 6) is 0. The molecule has 6 heteroatoms. The second-order valence-corrected chi connectivity index (χ2v) is 3.96. The van der Waals surface area contributed by atoms with Crippen LogP contribution in [0.4, 0.5) is 18.9 Å². The van der Waals surface area contributed by atoms with Gasteiger partial charge in [0.15, 0.2) is 0 Å². The molecule has 0 saturated heterocycles. The summed E-state index contributed by atoms with van der Waals surface area (Å²) in [5, 5.41) is 10.1. The van der Waals surface area contributed by atoms with Crippen LogP contribution in [0.15, 0.2) is 42.6 Å². The van der Waals surface area contributed by atoms with E-state index in [1.165, 1.54) is 24.4 Å². The monoisotopic (exact) mass is 268 g/mol. The summed E-state index contributed by atoms with van der Waals surface area (Å²) in [6, 6.07) is 8.24. The quantitative estimate of drug-likeness (QED) is 0.823. The van der Waals surface area contributed by atoms with Crippen LogP contribution in [0.2, 0.25) is 0 Å². The van der Waals surface area contributed by atoms with E-state index in [4.69, 9.17) is 5.73 Å². The normalized spacial score (nSPS) is 13.3. The van der Waals surface area contributed by atoms with Gasteiger partial charge in [-0.3, -0.25) is 4.98 Å². The Bertz CT molecular complexity index is 570. The number of pyridine rings is 1. The number of aromatic nitrogens is 1. The van der Waals surface area contributed by atoms with Crippen molar-refractivity contribution in [2.24, 2.45) is 0 Å². The van der Waals surface area contributed by atoms with E-state index in [0.717, 1.165) is 6.07 Å². The summed E-state index contributed by atoms with van der Waals surface area (Å²) < 4.78 is 38.2. The van der Waals surface area contributed by atoms with Crippen LogP contribution < -0.4 is 5.73 Å². The number of rotatable bonds is 2. The number of aliphatic hydroxyl groups excluding tert-OH is 1. The van der Waals surface area contributed by atoms with Crippen LogP contribution in [0, 0.1) is 0 Å². The number of hydrogen-bond acceptors (Lipinski definition) is 3. The van der Waals surface area contributed by atoms with E-state index in [-0.39, 0.29) is 11.3 Å². The Morgan fingerprint density at radius 2 is 1.84 bits per heavy atom. The van der Waals surface area contributed by atoms with Crippen molar-refractivity contribution in [3.05, 3.63) is 59.4 Å². The minimum Gasteiger partial charge on any atom is -0.398 e. The molecule has 3 nitrogen and oxygen atoms in total. The van der Waals surface area contributed by atoms with Crippen LogP contribution in [-0.4, -0.2) is 10.1 Å². The number of nitrogens with two attached hydrogens (primary N) is 1. The average Bonchev–Trinajstić information content (AvgIpc) is 2.38. The van der Waals surface area contributed by atoms with Crippen LogP contribution in [0.3, 0.4) is 0 Å². The summed E-state index contributed by atoms with van der Waals surface area (Å²) in [6.07, 6.45) is -4.39. The fraction of sp³-hybridized carbons (Fsp3) is 0.154. The van der Waals surface area contributed by atoms with Crippen molar-refractivity contribution in [2.75, 3.05) is 5.73 Å². The van der Waals surface area contributed by atoms with E-state index in [0.29, 0.717) is 0 Å². The molecule has 0 aliphatic heterocycles. The van der Waals surface area contributed by atoms with Gasteiger partial charge in [0.1, 0.15) is 6.10 Å². The molecule has 3 N–H and O–H groups in total. The molecular weight excluding hydrogens is 257 g/mol. The molecule has 19 heavy (non-hydrogen) atoms. The van der Waals surface area contributed by atoms with Crippen molar-refractivity contribution >= 4 is 5.69 Å². The van der Waals surface area contributed by atoms with Crippen LogP contribution in [-0.2, 0) is 6.18 Å². The lowest BCUT2D eigenvalue weighted by Crippen LogP contribution is -2.13. The zero-order valence-corrected chi connectivity index (χ0v) is 9.72. The number of nitrogens with zero attached hydrogens (tertiary/aromatic N) is 1. The highest BCUT2D eigenvalue weighted by Crippen LogP contribution is 2.37. The van der Waals surface area contributed by atoms with Crippen molar-refractivity contribution in [1.29, 1.82) is 0 Å². The Morgan fingerprint density at radius 1 is 1.11 bits per heavy atom. The smallest absolute Gasteiger partial charge is 0.398 e. The Morgan fingerprint density at radius 3 is 2.42 bits per heavy atom. The Hall–Kier alpha value is -2.08. The molecular formula is C13H11F3N2O. The molecule has 2 rings (SSSR count). The van der Waals surface area contributed by atoms with Crippen LogP contribution in [0.25, 0.3) is 0 Å². The molecule has 1 aromatic carbocycles. The molecule has 0 radical (unpaired) electrons. The fourth-order valence-electron chi connectivity index (χ4n) is 1.77. The highest BCUT2D eigenvalue weighted by Gasteiger charge is 2.34. The lowest BCUT2D eigenvalue weighted by molar-refractivity contribution is -0.137. The van der Waals surface area contributed by atoms with Gasteiger partial charge >= 0.3 is 6.18 Å². The third-order valence-electron chi connectivity index (χ3n) is 2.71. The minimum absolute atomic E-state index is 0.00600. The number of nitrogen functional groups attached to an aromatic ring is 1. The molecule has 0 bridgehead atoms. The molecule has 1 unspecified atom stereocenters. The van der Waals surface area contributed by atoms with E-state index in [9.17, 15) is 18.3 Å². The largest absolute Gasteiger partial charge is 0.418 e. The number of aliphatic hydroxyl groups is 1. The zero-order valence-electron chi connectivity index (χ0n) is 9.72. The van der Waals surface area contributed by atoms with Gasteiger partial charge in [0, 0.05) is 11.8 Å². The Kier molecular flexibility index (Phi) is 3.44. The zero-order chi connectivity index (χ0) is 14.0. The van der Waals surface area contributed by atoms with Gasteiger partial charge in [-0.05, 0) is 18.2 Å². The number of benzene rings is 1. The Balaban J connectivity index is 2.47. The molecule has 0 fully saturated rings. The van der Waals surface area contributed by atoms with E-state index < -0.39 is 23.5 Å². The fourth-order valence-corrected chi connectivity index (χ4v) is 1.77. The second kappa shape index (κ2) is 4.89. The van der Waals surface area contributed by atoms with Crippen molar-refractivity contribution in [1.82, 2.24) is 4.98 Å². The van der Waals surface area contributed by atoms with Crippen LogP contribution in [0.1, 0.15) is 22.9 Å². The molecule has 2 aromatic rings. The van der Waals surface area contributed by atoms with Crippen molar-refractivity contribution in [2.45, 2.75) is 12.3 Å². The number of hydrogen-bond donors (Lipinski definition) is 2. The van der Waals surface area contributed by atoms with Gasteiger partial charge in [0.25, 0.3) is 0 Å². The molecule has 0 spiro atoms. The lowest BCUT2D eigenvalue weighted by atomic mass is 10.00. The highest BCUT2D eigenvalue weighted by molar-refractivity contribution is 5.57. The summed E-state index contributed by atoms with van der Waals surface area (Å²) in [7, 11) is 0. The van der Waals surface area contributed by atoms with Gasteiger partial charge in [-0.1, -0.05) is 18.2 Å². The summed E-state index contributed by atoms with van der Waals surface area (Å²) in [6.45, 7) is 0. The molecule has 0 saturated carbocycles. The van der Waals surface area contributed by atoms with Crippen LogP contribution >= 0.6 is 0 Å². The first-order valence-electron chi connectivity index (χ1n) is 5.46. The third kappa shape index (κ3) is 2.68. The first-order chi connectivity index (χ1) is 8.91. The molecule has 100 valence electrons. The predicted octanol–water partition coefficient (Wildman–Crippen LogP) is 2.76. The summed E-state index contributed by atoms with van der Waals surface area (Å²) >= 11 is 0. The van der Waals surface area contributed by atoms with Crippen molar-refractivity contribution in [3.8, 4) is 0 Å². The van der Waals surface area contributed by atoms with Gasteiger partial charge in [-0.2, -0.15) is 13.2 Å². The maximum atomic E-state index is 12.7. The van der Waals surface area contributed by atoms with E-state index >= 15 is 0 Å². The van der Waals surface area contributed by atoms with Crippen molar-refractivity contribution in [3.63, 3.8) is 0 Å². The summed E-state index contributed by atoms with van der Waals surface area (Å²) in [5.41, 5.74) is 4.30. The first-order valence-corrected chi connectivity index (χ1v) is 5.46. The van der Waals surface area contributed by atoms with E-state index in [2.05, 4.69) is 4.98 Å².